The maximum Gasteiger partial charge on any atom is 0.232 e. The fraction of sp³-hybridized carbons (Fsp3) is 0.143. The minimum absolute atomic E-state index is 0.718. The highest BCUT2D eigenvalue weighted by molar-refractivity contribution is 8.00. The van der Waals surface area contributed by atoms with Gasteiger partial charge in [0.2, 0.25) is 5.06 Å². The topological polar surface area (TPSA) is 30.5 Å². The van der Waals surface area contributed by atoms with Gasteiger partial charge in [-0.05, 0) is 29.5 Å². The van der Waals surface area contributed by atoms with E-state index in [2.05, 4.69) is 4.72 Å². The Morgan fingerprint density at radius 1 is 1.42 bits per heavy atom. The summed E-state index contributed by atoms with van der Waals surface area (Å²) in [4.78, 5) is 10.1. The number of hydrogen-bond acceptors (Lipinski definition) is 5. The van der Waals surface area contributed by atoms with E-state index in [1.54, 1.807) is 0 Å². The molecule has 0 saturated heterocycles. The Morgan fingerprint density at radius 3 is 3.08 bits per heavy atom. The van der Waals surface area contributed by atoms with E-state index < -0.39 is 0 Å². The molecule has 5 heteroatoms. The third kappa shape index (κ3) is 1.94. The number of nitrogens with one attached hydrogen (secondary N) is 1. The lowest BCUT2D eigenvalue weighted by atomic mass is 10.6. The second kappa shape index (κ2) is 3.84. The molecule has 3 nitrogen and oxygen atoms in total. The fourth-order valence-corrected chi connectivity index (χ4v) is 1.80. The number of hydrogen-bond donors (Lipinski definition) is 1. The third-order valence-corrected chi connectivity index (χ3v) is 2.67. The average Bonchev–Trinajstić information content (AvgIpc) is 2.74. The normalized spacial score (nSPS) is 15.8. The Kier molecular flexibility index (Phi) is 2.55. The molecule has 12 heavy (non-hydrogen) atoms. The van der Waals surface area contributed by atoms with Crippen molar-refractivity contribution in [3.63, 3.8) is 0 Å². The monoisotopic (exact) mass is 201 g/mol. The summed E-state index contributed by atoms with van der Waals surface area (Å²) in [6.45, 7) is 0.718. The predicted molar refractivity (Wildman–Crippen MR) is 49.7 cm³/mol. The molecule has 2 heterocycles. The van der Waals surface area contributed by atoms with Gasteiger partial charge in [0, 0.05) is 5.41 Å². The first-order valence-electron chi connectivity index (χ1n) is 3.41. The van der Waals surface area contributed by atoms with Crippen LogP contribution in [0.4, 0.5) is 0 Å². The third-order valence-electron chi connectivity index (χ3n) is 1.25. The molecule has 0 radical (unpaired) electrons. The summed E-state index contributed by atoms with van der Waals surface area (Å²) in [5.41, 5.74) is 0. The largest absolute Gasteiger partial charge is 0.292 e. The second-order valence-corrected chi connectivity index (χ2v) is 3.79. The molecule has 0 saturated carbocycles. The molecule has 1 aromatic heterocycles. The van der Waals surface area contributed by atoms with E-state index in [4.69, 9.17) is 9.78 Å². The van der Waals surface area contributed by atoms with Gasteiger partial charge in [0.15, 0.2) is 5.76 Å². The Labute approximate surface area is 78.4 Å². The molecule has 2 rings (SSSR count). The molecule has 0 aliphatic carbocycles. The van der Waals surface area contributed by atoms with Gasteiger partial charge in [-0.15, -0.1) is 11.3 Å². The van der Waals surface area contributed by atoms with Crippen molar-refractivity contribution in [3.05, 3.63) is 28.7 Å². The summed E-state index contributed by atoms with van der Waals surface area (Å²) in [7, 11) is 0. The highest BCUT2D eigenvalue weighted by atomic mass is 32.2. The SMILES string of the molecule is C1=C(OOc2cccs2)CNS1. The van der Waals surface area contributed by atoms with Crippen molar-refractivity contribution >= 4 is 23.3 Å². The second-order valence-electron chi connectivity index (χ2n) is 2.12. The minimum atomic E-state index is 0.718. The molecular formula is C7H7NO2S2. The van der Waals surface area contributed by atoms with E-state index >= 15 is 0 Å². The van der Waals surface area contributed by atoms with Crippen LogP contribution < -0.4 is 9.61 Å². The zero-order valence-corrected chi connectivity index (χ0v) is 7.78. The lowest BCUT2D eigenvalue weighted by molar-refractivity contribution is -0.162. The smallest absolute Gasteiger partial charge is 0.232 e. The van der Waals surface area contributed by atoms with E-state index in [1.807, 2.05) is 22.9 Å². The average molecular weight is 201 g/mol. The summed E-state index contributed by atoms with van der Waals surface area (Å²) >= 11 is 3.01. The lowest BCUT2D eigenvalue weighted by Crippen LogP contribution is -2.04. The van der Waals surface area contributed by atoms with Gasteiger partial charge in [-0.25, -0.2) is 0 Å². The van der Waals surface area contributed by atoms with Crippen molar-refractivity contribution in [3.8, 4) is 5.06 Å². The van der Waals surface area contributed by atoms with Crippen LogP contribution in [-0.2, 0) is 4.89 Å². The molecule has 0 atom stereocenters. The molecule has 0 bridgehead atoms. The molecule has 64 valence electrons. The summed E-state index contributed by atoms with van der Waals surface area (Å²) in [6.07, 6.45) is 0. The number of rotatable bonds is 3. The van der Waals surface area contributed by atoms with Gasteiger partial charge in [-0.3, -0.25) is 14.5 Å². The van der Waals surface area contributed by atoms with Crippen LogP contribution in [0.25, 0.3) is 0 Å². The van der Waals surface area contributed by atoms with Crippen molar-refractivity contribution in [2.45, 2.75) is 0 Å². The molecule has 1 aliphatic rings. The van der Waals surface area contributed by atoms with Crippen molar-refractivity contribution < 1.29 is 9.78 Å². The first-order chi connectivity index (χ1) is 5.95. The maximum atomic E-state index is 5.04. The molecule has 0 unspecified atom stereocenters. The first-order valence-corrected chi connectivity index (χ1v) is 5.16. The Hall–Kier alpha value is -0.650. The first kappa shape index (κ1) is 7.97. The molecule has 1 N–H and O–H groups in total. The Balaban J connectivity index is 1.82. The predicted octanol–water partition coefficient (Wildman–Crippen LogP) is 2.15. The van der Waals surface area contributed by atoms with Gasteiger partial charge in [-0.2, -0.15) is 0 Å². The maximum absolute atomic E-state index is 5.04. The van der Waals surface area contributed by atoms with Crippen LogP contribution in [0.1, 0.15) is 0 Å². The molecule has 0 spiro atoms. The van der Waals surface area contributed by atoms with E-state index in [-0.39, 0.29) is 0 Å². The number of thiophene rings is 1. The molecule has 1 aliphatic heterocycles. The Bertz CT molecular complexity index is 271. The zero-order valence-electron chi connectivity index (χ0n) is 6.15. The van der Waals surface area contributed by atoms with E-state index in [1.165, 1.54) is 23.3 Å². The van der Waals surface area contributed by atoms with Crippen LogP contribution in [0.5, 0.6) is 5.06 Å². The summed E-state index contributed by atoms with van der Waals surface area (Å²) in [5.74, 6) is 0.813. The fourth-order valence-electron chi connectivity index (χ4n) is 0.716. The summed E-state index contributed by atoms with van der Waals surface area (Å²) < 4.78 is 3.02. The molecular weight excluding hydrogens is 194 g/mol. The highest BCUT2D eigenvalue weighted by Gasteiger charge is 2.07. The van der Waals surface area contributed by atoms with E-state index in [0.29, 0.717) is 0 Å². The van der Waals surface area contributed by atoms with Gasteiger partial charge in [-0.1, -0.05) is 0 Å². The van der Waals surface area contributed by atoms with Crippen LogP contribution >= 0.6 is 23.3 Å². The van der Waals surface area contributed by atoms with Crippen LogP contribution in [-0.4, -0.2) is 6.54 Å². The molecule has 0 fully saturated rings. The molecule has 0 amide bonds. The Morgan fingerprint density at radius 2 is 2.42 bits per heavy atom. The van der Waals surface area contributed by atoms with Crippen molar-refractivity contribution in [2.75, 3.05) is 6.54 Å². The van der Waals surface area contributed by atoms with E-state index in [0.717, 1.165) is 17.4 Å². The quantitative estimate of drug-likeness (QED) is 0.461. The van der Waals surface area contributed by atoms with Crippen LogP contribution in [0.3, 0.4) is 0 Å². The van der Waals surface area contributed by atoms with E-state index in [9.17, 15) is 0 Å². The van der Waals surface area contributed by atoms with Gasteiger partial charge < -0.3 is 0 Å². The van der Waals surface area contributed by atoms with Gasteiger partial charge in [0.1, 0.15) is 0 Å². The lowest BCUT2D eigenvalue weighted by Gasteiger charge is -2.01. The van der Waals surface area contributed by atoms with Gasteiger partial charge in [0.05, 0.1) is 6.54 Å². The zero-order chi connectivity index (χ0) is 8.23. The molecule has 1 aromatic rings. The van der Waals surface area contributed by atoms with Crippen molar-refractivity contribution in [1.82, 2.24) is 4.72 Å². The van der Waals surface area contributed by atoms with Crippen LogP contribution in [0, 0.1) is 0 Å². The van der Waals surface area contributed by atoms with Gasteiger partial charge >= 0.3 is 0 Å². The van der Waals surface area contributed by atoms with Crippen molar-refractivity contribution in [1.29, 1.82) is 0 Å². The van der Waals surface area contributed by atoms with Gasteiger partial charge in [0.25, 0.3) is 0 Å². The summed E-state index contributed by atoms with van der Waals surface area (Å²) in [6, 6.07) is 3.78. The minimum Gasteiger partial charge on any atom is -0.292 e. The van der Waals surface area contributed by atoms with Crippen LogP contribution in [0.15, 0.2) is 28.7 Å². The molecule has 0 aromatic carbocycles. The van der Waals surface area contributed by atoms with Crippen LogP contribution in [0.2, 0.25) is 0 Å². The standard InChI is InChI=1S/C7H7NO2S2/c1-2-7(11-3-1)10-9-6-4-8-12-5-6/h1-3,5,8H,4H2. The summed E-state index contributed by atoms with van der Waals surface area (Å²) in [5, 5.41) is 4.59. The van der Waals surface area contributed by atoms with Crippen molar-refractivity contribution in [2.24, 2.45) is 0 Å². The highest BCUT2D eigenvalue weighted by Crippen LogP contribution is 2.21.